The first kappa shape index (κ1) is 24.1. The van der Waals surface area contributed by atoms with Gasteiger partial charge >= 0.3 is 0 Å². The maximum atomic E-state index is 13.2. The van der Waals surface area contributed by atoms with Crippen LogP contribution in [0.25, 0.3) is 0 Å². The summed E-state index contributed by atoms with van der Waals surface area (Å²) in [6, 6.07) is 9.77. The van der Waals surface area contributed by atoms with Gasteiger partial charge in [-0.25, -0.2) is 0 Å². The number of hydrogen-bond acceptors (Lipinski definition) is 4. The van der Waals surface area contributed by atoms with Crippen molar-refractivity contribution >= 4 is 11.8 Å². The Bertz CT molecular complexity index is 777. The lowest BCUT2D eigenvalue weighted by Gasteiger charge is -2.43. The van der Waals surface area contributed by atoms with E-state index in [0.717, 1.165) is 76.6 Å². The van der Waals surface area contributed by atoms with E-state index < -0.39 is 5.60 Å². The van der Waals surface area contributed by atoms with Gasteiger partial charge in [-0.05, 0) is 57.1 Å². The van der Waals surface area contributed by atoms with Gasteiger partial charge in [-0.2, -0.15) is 0 Å². The summed E-state index contributed by atoms with van der Waals surface area (Å²) in [5.74, 6) is 1.10. The topological polar surface area (TPSA) is 70.1 Å². The minimum absolute atomic E-state index is 0.0549. The van der Waals surface area contributed by atoms with Crippen molar-refractivity contribution < 1.29 is 19.4 Å². The van der Waals surface area contributed by atoms with Gasteiger partial charge in [-0.15, -0.1) is 0 Å². The minimum Gasteiger partial charge on any atom is -0.493 e. The molecule has 2 amide bonds. The highest BCUT2D eigenvalue weighted by molar-refractivity contribution is 5.78. The third kappa shape index (κ3) is 6.50. The summed E-state index contributed by atoms with van der Waals surface area (Å²) < 4.78 is 6.16. The van der Waals surface area contributed by atoms with Crippen LogP contribution < -0.4 is 4.74 Å². The van der Waals surface area contributed by atoms with Crippen molar-refractivity contribution in [2.75, 3.05) is 32.8 Å². The van der Waals surface area contributed by atoms with Crippen molar-refractivity contribution in [3.63, 3.8) is 0 Å². The van der Waals surface area contributed by atoms with Crippen molar-refractivity contribution in [1.82, 2.24) is 9.80 Å². The molecule has 0 unspecified atom stereocenters. The highest BCUT2D eigenvalue weighted by atomic mass is 16.5. The Kier molecular flexibility index (Phi) is 7.94. The fraction of sp³-hybridized carbons (Fsp3) is 0.704. The number of rotatable bonds is 7. The van der Waals surface area contributed by atoms with Crippen molar-refractivity contribution in [3.05, 3.63) is 30.3 Å². The first-order chi connectivity index (χ1) is 16.0. The van der Waals surface area contributed by atoms with Crippen LogP contribution in [-0.2, 0) is 9.59 Å². The number of likely N-dealkylation sites (tertiary alicyclic amines) is 2. The molecule has 1 aromatic rings. The Labute approximate surface area is 198 Å². The summed E-state index contributed by atoms with van der Waals surface area (Å²) in [6.07, 6.45) is 10.2. The van der Waals surface area contributed by atoms with Gasteiger partial charge in [0.2, 0.25) is 11.8 Å². The standard InChI is InChI=1S/C27H40N2O4/c30-24(28-16-8-3-9-17-28)20-26(22-33-23-10-4-1-5-11-23)14-18-29(19-15-26)25(31)21-27(32)12-6-2-7-13-27/h1,4-5,10-11,32H,2-3,6-9,12-22H2. The van der Waals surface area contributed by atoms with Crippen LogP contribution in [0.3, 0.4) is 0 Å². The first-order valence-electron chi connectivity index (χ1n) is 12.9. The summed E-state index contributed by atoms with van der Waals surface area (Å²) >= 11 is 0. The summed E-state index contributed by atoms with van der Waals surface area (Å²) in [5, 5.41) is 10.8. The smallest absolute Gasteiger partial charge is 0.225 e. The number of para-hydroxylation sites is 1. The molecule has 1 N–H and O–H groups in total. The predicted molar refractivity (Wildman–Crippen MR) is 128 cm³/mol. The molecule has 0 bridgehead atoms. The molecule has 6 nitrogen and oxygen atoms in total. The van der Waals surface area contributed by atoms with Gasteiger partial charge in [0.1, 0.15) is 5.75 Å². The van der Waals surface area contributed by atoms with Gasteiger partial charge in [0.15, 0.2) is 0 Å². The summed E-state index contributed by atoms with van der Waals surface area (Å²) in [4.78, 5) is 30.1. The highest BCUT2D eigenvalue weighted by Gasteiger charge is 2.41. The van der Waals surface area contributed by atoms with Crippen LogP contribution in [0, 0.1) is 5.41 Å². The Morgan fingerprint density at radius 1 is 0.758 bits per heavy atom. The lowest BCUT2D eigenvalue weighted by molar-refractivity contribution is -0.142. The van der Waals surface area contributed by atoms with E-state index in [2.05, 4.69) is 0 Å². The second kappa shape index (κ2) is 10.9. The average Bonchev–Trinajstić information content (AvgIpc) is 2.84. The molecule has 3 fully saturated rings. The second-order valence-electron chi connectivity index (χ2n) is 10.6. The van der Waals surface area contributed by atoms with Crippen LogP contribution in [0.15, 0.2) is 30.3 Å². The Hall–Kier alpha value is -2.08. The van der Waals surface area contributed by atoms with Gasteiger partial charge < -0.3 is 19.6 Å². The summed E-state index contributed by atoms with van der Waals surface area (Å²) in [5.41, 5.74) is -1.09. The number of nitrogens with zero attached hydrogens (tertiary/aromatic N) is 2. The molecule has 2 saturated heterocycles. The van der Waals surface area contributed by atoms with E-state index >= 15 is 0 Å². The van der Waals surface area contributed by atoms with Crippen LogP contribution >= 0.6 is 0 Å². The quantitative estimate of drug-likeness (QED) is 0.669. The van der Waals surface area contributed by atoms with Crippen LogP contribution in [0.5, 0.6) is 5.75 Å². The third-order valence-electron chi connectivity index (χ3n) is 7.96. The van der Waals surface area contributed by atoms with Crippen molar-refractivity contribution in [3.8, 4) is 5.75 Å². The van der Waals surface area contributed by atoms with Crippen molar-refractivity contribution in [2.45, 2.75) is 82.7 Å². The third-order valence-corrected chi connectivity index (χ3v) is 7.96. The first-order valence-corrected chi connectivity index (χ1v) is 12.9. The predicted octanol–water partition coefficient (Wildman–Crippen LogP) is 4.16. The number of piperidine rings is 2. The number of carbonyl (C=O) groups is 2. The van der Waals surface area contributed by atoms with Gasteiger partial charge in [0, 0.05) is 38.0 Å². The molecule has 0 radical (unpaired) electrons. The van der Waals surface area contributed by atoms with Crippen LogP contribution in [0.2, 0.25) is 0 Å². The molecule has 4 rings (SSSR count). The van der Waals surface area contributed by atoms with E-state index in [1.54, 1.807) is 0 Å². The molecule has 3 aliphatic rings. The normalized spacial score (nSPS) is 22.6. The molecular weight excluding hydrogens is 416 g/mol. The molecule has 0 atom stereocenters. The largest absolute Gasteiger partial charge is 0.493 e. The average molecular weight is 457 g/mol. The molecule has 1 aliphatic carbocycles. The van der Waals surface area contributed by atoms with E-state index in [1.165, 1.54) is 6.42 Å². The Morgan fingerprint density at radius 3 is 2.00 bits per heavy atom. The monoisotopic (exact) mass is 456 g/mol. The summed E-state index contributed by atoms with van der Waals surface area (Å²) in [7, 11) is 0. The van der Waals surface area contributed by atoms with Gasteiger partial charge in [-0.3, -0.25) is 9.59 Å². The number of benzene rings is 1. The van der Waals surface area contributed by atoms with Gasteiger partial charge in [-0.1, -0.05) is 37.5 Å². The van der Waals surface area contributed by atoms with Crippen LogP contribution in [0.4, 0.5) is 0 Å². The van der Waals surface area contributed by atoms with Crippen LogP contribution in [-0.4, -0.2) is 65.1 Å². The SMILES string of the molecule is O=C(CC1(O)CCCCC1)N1CCC(COc2ccccc2)(CC(=O)N2CCCCC2)CC1. The molecule has 0 spiro atoms. The summed E-state index contributed by atoms with van der Waals surface area (Å²) in [6.45, 7) is 3.46. The van der Waals surface area contributed by atoms with E-state index in [9.17, 15) is 14.7 Å². The fourth-order valence-electron chi connectivity index (χ4n) is 5.71. The zero-order valence-electron chi connectivity index (χ0n) is 20.0. The molecule has 1 saturated carbocycles. The van der Waals surface area contributed by atoms with Crippen molar-refractivity contribution in [2.24, 2.45) is 5.41 Å². The molecule has 6 heteroatoms. The Balaban J connectivity index is 1.38. The molecular formula is C27H40N2O4. The lowest BCUT2D eigenvalue weighted by atomic mass is 9.75. The molecule has 182 valence electrons. The Morgan fingerprint density at radius 2 is 1.33 bits per heavy atom. The maximum absolute atomic E-state index is 13.2. The molecule has 33 heavy (non-hydrogen) atoms. The van der Waals surface area contributed by atoms with E-state index in [0.29, 0.717) is 26.1 Å². The van der Waals surface area contributed by atoms with Crippen molar-refractivity contribution in [1.29, 1.82) is 0 Å². The molecule has 2 heterocycles. The second-order valence-corrected chi connectivity index (χ2v) is 10.6. The van der Waals surface area contributed by atoms with Crippen LogP contribution in [0.1, 0.15) is 77.0 Å². The number of ether oxygens (including phenoxy) is 1. The van der Waals surface area contributed by atoms with E-state index in [1.807, 2.05) is 40.1 Å². The fourth-order valence-corrected chi connectivity index (χ4v) is 5.71. The highest BCUT2D eigenvalue weighted by Crippen LogP contribution is 2.38. The molecule has 2 aliphatic heterocycles. The van der Waals surface area contributed by atoms with Gasteiger partial charge in [0.25, 0.3) is 0 Å². The maximum Gasteiger partial charge on any atom is 0.225 e. The number of hydrogen-bond donors (Lipinski definition) is 1. The number of carbonyl (C=O) groups excluding carboxylic acids is 2. The number of aliphatic hydroxyl groups is 1. The van der Waals surface area contributed by atoms with Gasteiger partial charge in [0.05, 0.1) is 18.6 Å². The zero-order valence-corrected chi connectivity index (χ0v) is 20.0. The van der Waals surface area contributed by atoms with E-state index in [-0.39, 0.29) is 23.7 Å². The molecule has 1 aromatic carbocycles. The van der Waals surface area contributed by atoms with E-state index in [4.69, 9.17) is 4.74 Å². The minimum atomic E-state index is -0.829. The zero-order chi connectivity index (χ0) is 23.2. The molecule has 0 aromatic heterocycles. The number of amides is 2. The lowest BCUT2D eigenvalue weighted by Crippen LogP contribution is -2.49.